The number of carbonyl (C=O) groups is 2. The first-order valence-electron chi connectivity index (χ1n) is 13.2. The van der Waals surface area contributed by atoms with E-state index in [9.17, 15) is 14.7 Å². The molecule has 7 heteroatoms. The highest BCUT2D eigenvalue weighted by molar-refractivity contribution is 6.12. The SMILES string of the molecule is CCCC[C@H](O)[C@@H](CC1CC1)C(=O)NC1N=C(N2CCCCCC2)c2ccccc2N(C)C1=O. The number of para-hydroxylation sites is 1. The number of nitrogens with zero attached hydrogens (tertiary/aromatic N) is 3. The maximum atomic E-state index is 13.5. The number of amides is 2. The molecule has 0 bridgehead atoms. The minimum absolute atomic E-state index is 0.251. The Balaban J connectivity index is 1.62. The van der Waals surface area contributed by atoms with E-state index >= 15 is 0 Å². The zero-order chi connectivity index (χ0) is 24.1. The monoisotopic (exact) mass is 468 g/mol. The lowest BCUT2D eigenvalue weighted by molar-refractivity contribution is -0.133. The quantitative estimate of drug-likeness (QED) is 0.609. The van der Waals surface area contributed by atoms with Gasteiger partial charge in [-0.05, 0) is 43.7 Å². The summed E-state index contributed by atoms with van der Waals surface area (Å²) < 4.78 is 0. The first kappa shape index (κ1) is 24.7. The van der Waals surface area contributed by atoms with Crippen LogP contribution in [0.15, 0.2) is 29.3 Å². The molecule has 2 heterocycles. The van der Waals surface area contributed by atoms with Crippen molar-refractivity contribution in [3.8, 4) is 0 Å². The molecule has 4 rings (SSSR count). The zero-order valence-corrected chi connectivity index (χ0v) is 20.7. The van der Waals surface area contributed by atoms with Gasteiger partial charge in [-0.3, -0.25) is 9.59 Å². The maximum absolute atomic E-state index is 13.5. The van der Waals surface area contributed by atoms with Crippen molar-refractivity contribution in [3.63, 3.8) is 0 Å². The van der Waals surface area contributed by atoms with Gasteiger partial charge >= 0.3 is 0 Å². The summed E-state index contributed by atoms with van der Waals surface area (Å²) >= 11 is 0. The highest BCUT2D eigenvalue weighted by atomic mass is 16.3. The number of aliphatic imine (C=N–C) groups is 1. The van der Waals surface area contributed by atoms with E-state index in [1.807, 2.05) is 24.3 Å². The summed E-state index contributed by atoms with van der Waals surface area (Å²) in [5.74, 6) is 0.274. The number of amidine groups is 1. The number of likely N-dealkylation sites (N-methyl/N-ethyl adjacent to an activating group) is 1. The third-order valence-corrected chi connectivity index (χ3v) is 7.45. The minimum atomic E-state index is -0.997. The van der Waals surface area contributed by atoms with Crippen LogP contribution in [0.2, 0.25) is 0 Å². The lowest BCUT2D eigenvalue weighted by Crippen LogP contribution is -2.50. The van der Waals surface area contributed by atoms with E-state index in [2.05, 4.69) is 17.1 Å². The largest absolute Gasteiger partial charge is 0.392 e. The van der Waals surface area contributed by atoms with Crippen LogP contribution in [-0.4, -0.2) is 60.1 Å². The highest BCUT2D eigenvalue weighted by Gasteiger charge is 2.37. The zero-order valence-electron chi connectivity index (χ0n) is 20.7. The molecule has 0 radical (unpaired) electrons. The number of anilines is 1. The lowest BCUT2D eigenvalue weighted by atomic mass is 9.91. The Morgan fingerprint density at radius 2 is 1.88 bits per heavy atom. The Labute approximate surface area is 203 Å². The van der Waals surface area contributed by atoms with Crippen LogP contribution in [0.3, 0.4) is 0 Å². The number of unbranched alkanes of at least 4 members (excludes halogenated alkanes) is 1. The van der Waals surface area contributed by atoms with Gasteiger partial charge in [-0.1, -0.05) is 57.6 Å². The first-order chi connectivity index (χ1) is 16.5. The lowest BCUT2D eigenvalue weighted by Gasteiger charge is -2.26. The number of likely N-dealkylation sites (tertiary alicyclic amines) is 1. The van der Waals surface area contributed by atoms with Crippen molar-refractivity contribution in [2.75, 3.05) is 25.0 Å². The van der Waals surface area contributed by atoms with Crippen molar-refractivity contribution in [2.45, 2.75) is 83.4 Å². The van der Waals surface area contributed by atoms with Crippen LogP contribution in [0.4, 0.5) is 5.69 Å². The fraction of sp³-hybridized carbons (Fsp3) is 0.667. The summed E-state index contributed by atoms with van der Waals surface area (Å²) in [6.07, 6.45) is 8.26. The molecule has 1 aromatic carbocycles. The topological polar surface area (TPSA) is 85.2 Å². The molecule has 186 valence electrons. The normalized spacial score (nSPS) is 22.9. The molecular formula is C27H40N4O3. The van der Waals surface area contributed by atoms with Crippen molar-refractivity contribution >= 4 is 23.3 Å². The standard InChI is InChI=1S/C27H40N4O3/c1-3-4-13-23(32)21(18-19-14-15-19)26(33)29-24-27(34)30(2)22-12-8-7-11-20(22)25(28-24)31-16-9-5-6-10-17-31/h7-8,11-12,19,21,23-24,32H,3-6,9-10,13-18H2,1-2H3,(H,29,33)/t21-,23+,24?/m1/s1. The van der Waals surface area contributed by atoms with Gasteiger partial charge in [0.2, 0.25) is 12.1 Å². The fourth-order valence-corrected chi connectivity index (χ4v) is 5.14. The number of nitrogens with one attached hydrogen (secondary N) is 1. The summed E-state index contributed by atoms with van der Waals surface area (Å²) in [6.45, 7) is 3.87. The molecule has 0 aromatic heterocycles. The van der Waals surface area contributed by atoms with E-state index in [1.165, 1.54) is 12.8 Å². The molecule has 1 saturated heterocycles. The summed E-state index contributed by atoms with van der Waals surface area (Å²) in [6, 6.07) is 7.85. The number of benzodiazepines with no additional fused rings is 1. The average Bonchev–Trinajstić information content (AvgIpc) is 3.70. The number of carbonyl (C=O) groups excluding carboxylic acids is 2. The molecule has 3 aliphatic rings. The molecular weight excluding hydrogens is 428 g/mol. The van der Waals surface area contributed by atoms with Crippen molar-refractivity contribution in [2.24, 2.45) is 16.8 Å². The molecule has 1 aliphatic carbocycles. The van der Waals surface area contributed by atoms with Gasteiger partial charge in [0.15, 0.2) is 0 Å². The summed E-state index contributed by atoms with van der Waals surface area (Å²) in [7, 11) is 1.75. The number of hydrogen-bond acceptors (Lipinski definition) is 5. The van der Waals surface area contributed by atoms with Crippen LogP contribution >= 0.6 is 0 Å². The molecule has 3 atom stereocenters. The van der Waals surface area contributed by atoms with Gasteiger partial charge in [0.1, 0.15) is 5.84 Å². The van der Waals surface area contributed by atoms with Gasteiger partial charge < -0.3 is 20.2 Å². The van der Waals surface area contributed by atoms with E-state index in [0.29, 0.717) is 18.8 Å². The van der Waals surface area contributed by atoms with Gasteiger partial charge in [0, 0.05) is 25.7 Å². The molecule has 7 nitrogen and oxygen atoms in total. The predicted molar refractivity (Wildman–Crippen MR) is 135 cm³/mol. The second-order valence-corrected chi connectivity index (χ2v) is 10.2. The number of fused-ring (bicyclic) bond motifs is 1. The van der Waals surface area contributed by atoms with Gasteiger partial charge in [-0.2, -0.15) is 0 Å². The van der Waals surface area contributed by atoms with E-state index in [4.69, 9.17) is 4.99 Å². The number of hydrogen-bond donors (Lipinski definition) is 2. The highest BCUT2D eigenvalue weighted by Crippen LogP contribution is 2.37. The molecule has 2 N–H and O–H groups in total. The van der Waals surface area contributed by atoms with Crippen LogP contribution in [-0.2, 0) is 9.59 Å². The number of rotatable bonds is 8. The second-order valence-electron chi connectivity index (χ2n) is 10.2. The molecule has 34 heavy (non-hydrogen) atoms. The van der Waals surface area contributed by atoms with Crippen molar-refractivity contribution in [1.29, 1.82) is 0 Å². The third-order valence-electron chi connectivity index (χ3n) is 7.45. The van der Waals surface area contributed by atoms with Gasteiger partial charge in [-0.25, -0.2) is 4.99 Å². The Kier molecular flexibility index (Phi) is 8.24. The number of aliphatic hydroxyl groups excluding tert-OH is 1. The molecule has 2 aliphatic heterocycles. The van der Waals surface area contributed by atoms with E-state index in [0.717, 1.165) is 68.7 Å². The number of benzene rings is 1. The summed E-state index contributed by atoms with van der Waals surface area (Å²) in [4.78, 5) is 35.7. The third kappa shape index (κ3) is 5.80. The predicted octanol–water partition coefficient (Wildman–Crippen LogP) is 3.70. The van der Waals surface area contributed by atoms with Crippen LogP contribution in [0, 0.1) is 11.8 Å². The van der Waals surface area contributed by atoms with Crippen LogP contribution < -0.4 is 10.2 Å². The molecule has 2 fully saturated rings. The van der Waals surface area contributed by atoms with Crippen LogP contribution in [0.1, 0.15) is 76.7 Å². The maximum Gasteiger partial charge on any atom is 0.272 e. The number of aliphatic hydroxyl groups is 1. The van der Waals surface area contributed by atoms with Crippen molar-refractivity contribution in [1.82, 2.24) is 10.2 Å². The second kappa shape index (κ2) is 11.3. The van der Waals surface area contributed by atoms with Gasteiger partial charge in [0.25, 0.3) is 5.91 Å². The van der Waals surface area contributed by atoms with Gasteiger partial charge in [0.05, 0.1) is 17.7 Å². The average molecular weight is 469 g/mol. The van der Waals surface area contributed by atoms with E-state index < -0.39 is 18.2 Å². The van der Waals surface area contributed by atoms with Crippen LogP contribution in [0.25, 0.3) is 0 Å². The smallest absolute Gasteiger partial charge is 0.272 e. The molecule has 0 spiro atoms. The van der Waals surface area contributed by atoms with Gasteiger partial charge in [-0.15, -0.1) is 0 Å². The van der Waals surface area contributed by atoms with E-state index in [1.54, 1.807) is 11.9 Å². The molecule has 1 unspecified atom stereocenters. The Hall–Kier alpha value is -2.41. The Morgan fingerprint density at radius 3 is 2.56 bits per heavy atom. The van der Waals surface area contributed by atoms with Crippen LogP contribution in [0.5, 0.6) is 0 Å². The minimum Gasteiger partial charge on any atom is -0.392 e. The fourth-order valence-electron chi connectivity index (χ4n) is 5.14. The van der Waals surface area contributed by atoms with Crippen molar-refractivity contribution < 1.29 is 14.7 Å². The van der Waals surface area contributed by atoms with E-state index in [-0.39, 0.29) is 11.8 Å². The molecule has 2 amide bonds. The molecule has 1 saturated carbocycles. The molecule has 1 aromatic rings. The Morgan fingerprint density at radius 1 is 1.18 bits per heavy atom. The summed E-state index contributed by atoms with van der Waals surface area (Å²) in [5.41, 5.74) is 1.74. The summed E-state index contributed by atoms with van der Waals surface area (Å²) in [5, 5.41) is 13.8. The van der Waals surface area contributed by atoms with Crippen molar-refractivity contribution in [3.05, 3.63) is 29.8 Å². The first-order valence-corrected chi connectivity index (χ1v) is 13.2. The Bertz CT molecular complexity index is 890.